The van der Waals surface area contributed by atoms with Gasteiger partial charge in [0.2, 0.25) is 0 Å². The zero-order valence-electron chi connectivity index (χ0n) is 8.53. The predicted octanol–water partition coefficient (Wildman–Crippen LogP) is 1.18. The van der Waals surface area contributed by atoms with Gasteiger partial charge in [0.1, 0.15) is 0 Å². The molecule has 0 saturated carbocycles. The molecular formula is C11H13N3O. The second-order valence-electron chi connectivity index (χ2n) is 3.41. The molecule has 0 aliphatic rings. The van der Waals surface area contributed by atoms with E-state index in [1.54, 1.807) is 0 Å². The summed E-state index contributed by atoms with van der Waals surface area (Å²) in [5, 5.41) is 0. The number of amides is 1. The standard InChI is InChI=1S/C11H13N3O/c1-2-7-10(12)9(11(13)15)8-5-3-4-6-14(7)8/h3-6H,2,12H2,1H3,(H2,13,15). The van der Waals surface area contributed by atoms with E-state index in [0.717, 1.165) is 17.6 Å². The smallest absolute Gasteiger partial charge is 0.253 e. The molecule has 2 aromatic heterocycles. The van der Waals surface area contributed by atoms with Gasteiger partial charge in [0.25, 0.3) is 5.91 Å². The molecule has 0 radical (unpaired) electrons. The third kappa shape index (κ3) is 1.26. The first-order chi connectivity index (χ1) is 7.16. The summed E-state index contributed by atoms with van der Waals surface area (Å²) < 4.78 is 1.91. The van der Waals surface area contributed by atoms with Crippen LogP contribution in [-0.4, -0.2) is 10.3 Å². The van der Waals surface area contributed by atoms with E-state index >= 15 is 0 Å². The molecule has 78 valence electrons. The van der Waals surface area contributed by atoms with Gasteiger partial charge in [-0.05, 0) is 18.6 Å². The van der Waals surface area contributed by atoms with Crippen LogP contribution in [-0.2, 0) is 6.42 Å². The van der Waals surface area contributed by atoms with Crippen LogP contribution in [0.25, 0.3) is 5.52 Å². The monoisotopic (exact) mass is 203 g/mol. The quantitative estimate of drug-likeness (QED) is 0.769. The minimum Gasteiger partial charge on any atom is -0.397 e. The van der Waals surface area contributed by atoms with E-state index in [-0.39, 0.29) is 0 Å². The lowest BCUT2D eigenvalue weighted by Gasteiger charge is -1.98. The highest BCUT2D eigenvalue weighted by atomic mass is 16.1. The van der Waals surface area contributed by atoms with Gasteiger partial charge >= 0.3 is 0 Å². The van der Waals surface area contributed by atoms with E-state index in [2.05, 4.69) is 0 Å². The molecule has 0 aliphatic heterocycles. The lowest BCUT2D eigenvalue weighted by Crippen LogP contribution is -2.12. The van der Waals surface area contributed by atoms with E-state index in [1.807, 2.05) is 35.7 Å². The number of nitrogen functional groups attached to an aromatic ring is 1. The van der Waals surface area contributed by atoms with Crippen LogP contribution in [0.1, 0.15) is 23.0 Å². The summed E-state index contributed by atoms with van der Waals surface area (Å²) in [4.78, 5) is 11.3. The predicted molar refractivity (Wildman–Crippen MR) is 59.7 cm³/mol. The zero-order valence-corrected chi connectivity index (χ0v) is 8.53. The van der Waals surface area contributed by atoms with E-state index in [4.69, 9.17) is 11.5 Å². The minimum absolute atomic E-state index is 0.424. The van der Waals surface area contributed by atoms with Gasteiger partial charge in [0, 0.05) is 11.9 Å². The summed E-state index contributed by atoms with van der Waals surface area (Å²) in [7, 11) is 0. The van der Waals surface area contributed by atoms with Crippen molar-refractivity contribution in [2.24, 2.45) is 5.73 Å². The van der Waals surface area contributed by atoms with E-state index in [1.165, 1.54) is 0 Å². The molecular weight excluding hydrogens is 190 g/mol. The Bertz CT molecular complexity index is 528. The van der Waals surface area contributed by atoms with E-state index < -0.39 is 5.91 Å². The molecule has 15 heavy (non-hydrogen) atoms. The first-order valence-corrected chi connectivity index (χ1v) is 4.84. The first-order valence-electron chi connectivity index (χ1n) is 4.84. The number of carbonyl (C=O) groups is 1. The highest BCUT2D eigenvalue weighted by Gasteiger charge is 2.17. The maximum atomic E-state index is 11.3. The molecule has 0 aromatic carbocycles. The van der Waals surface area contributed by atoms with Gasteiger partial charge in [-0.2, -0.15) is 0 Å². The van der Waals surface area contributed by atoms with Crippen LogP contribution in [0.15, 0.2) is 24.4 Å². The number of fused-ring (bicyclic) bond motifs is 1. The van der Waals surface area contributed by atoms with Crippen LogP contribution >= 0.6 is 0 Å². The lowest BCUT2D eigenvalue weighted by atomic mass is 10.2. The van der Waals surface area contributed by atoms with Gasteiger partial charge in [0.05, 0.1) is 16.8 Å². The second kappa shape index (κ2) is 3.31. The Labute approximate surface area is 87.5 Å². The van der Waals surface area contributed by atoms with Crippen molar-refractivity contribution in [1.29, 1.82) is 0 Å². The highest BCUT2D eigenvalue weighted by molar-refractivity contribution is 6.06. The Morgan fingerprint density at radius 2 is 2.20 bits per heavy atom. The van der Waals surface area contributed by atoms with Gasteiger partial charge in [-0.15, -0.1) is 0 Å². The third-order valence-electron chi connectivity index (χ3n) is 2.57. The number of aromatic nitrogens is 1. The molecule has 0 bridgehead atoms. The van der Waals surface area contributed by atoms with Crippen LogP contribution in [0, 0.1) is 0 Å². The van der Waals surface area contributed by atoms with Crippen LogP contribution in [0.4, 0.5) is 5.69 Å². The number of hydrogen-bond donors (Lipinski definition) is 2. The maximum Gasteiger partial charge on any atom is 0.253 e. The SMILES string of the molecule is CCc1c(N)c(C(N)=O)c2ccccn12. The van der Waals surface area contributed by atoms with Gasteiger partial charge in [0.15, 0.2) is 0 Å². The number of carbonyl (C=O) groups excluding carboxylic acids is 1. The summed E-state index contributed by atoms with van der Waals surface area (Å²) in [5.41, 5.74) is 13.8. The fraction of sp³-hybridized carbons (Fsp3) is 0.182. The largest absolute Gasteiger partial charge is 0.397 e. The fourth-order valence-corrected chi connectivity index (χ4v) is 1.91. The highest BCUT2D eigenvalue weighted by Crippen LogP contribution is 2.25. The molecule has 0 atom stereocenters. The molecule has 4 heteroatoms. The van der Waals surface area contributed by atoms with Crippen molar-refractivity contribution in [1.82, 2.24) is 4.40 Å². The summed E-state index contributed by atoms with van der Waals surface area (Å²) in [6.07, 6.45) is 2.65. The number of pyridine rings is 1. The number of nitrogens with zero attached hydrogens (tertiary/aromatic N) is 1. The Morgan fingerprint density at radius 3 is 2.80 bits per heavy atom. The van der Waals surface area contributed by atoms with Crippen LogP contribution in [0.5, 0.6) is 0 Å². The Hall–Kier alpha value is -1.97. The molecule has 0 unspecified atom stereocenters. The molecule has 4 nitrogen and oxygen atoms in total. The fourth-order valence-electron chi connectivity index (χ4n) is 1.91. The zero-order chi connectivity index (χ0) is 11.0. The van der Waals surface area contributed by atoms with E-state index in [9.17, 15) is 4.79 Å². The molecule has 2 rings (SSSR count). The number of rotatable bonds is 2. The van der Waals surface area contributed by atoms with Gasteiger partial charge in [-0.25, -0.2) is 0 Å². The number of anilines is 1. The Balaban J connectivity index is 2.91. The van der Waals surface area contributed by atoms with Crippen LogP contribution < -0.4 is 11.5 Å². The molecule has 0 spiro atoms. The van der Waals surface area contributed by atoms with Gasteiger partial charge in [-0.3, -0.25) is 4.79 Å². The molecule has 0 saturated heterocycles. The van der Waals surface area contributed by atoms with Gasteiger partial charge in [-0.1, -0.05) is 13.0 Å². The summed E-state index contributed by atoms with van der Waals surface area (Å²) >= 11 is 0. The van der Waals surface area contributed by atoms with Crippen molar-refractivity contribution < 1.29 is 4.79 Å². The Kier molecular flexibility index (Phi) is 2.11. The molecule has 1 amide bonds. The van der Waals surface area contributed by atoms with Crippen LogP contribution in [0.2, 0.25) is 0 Å². The molecule has 2 heterocycles. The first kappa shape index (κ1) is 9.58. The summed E-state index contributed by atoms with van der Waals surface area (Å²) in [6.45, 7) is 2.00. The lowest BCUT2D eigenvalue weighted by molar-refractivity contribution is 0.100. The van der Waals surface area contributed by atoms with Crippen molar-refractivity contribution in [2.45, 2.75) is 13.3 Å². The number of hydrogen-bond acceptors (Lipinski definition) is 2. The number of primary amides is 1. The normalized spacial score (nSPS) is 10.7. The average molecular weight is 203 g/mol. The second-order valence-corrected chi connectivity index (χ2v) is 3.41. The minimum atomic E-state index is -0.476. The topological polar surface area (TPSA) is 73.5 Å². The van der Waals surface area contributed by atoms with Crippen molar-refractivity contribution in [3.8, 4) is 0 Å². The van der Waals surface area contributed by atoms with Crippen LogP contribution in [0.3, 0.4) is 0 Å². The molecule has 0 fully saturated rings. The van der Waals surface area contributed by atoms with Crippen molar-refractivity contribution in [2.75, 3.05) is 5.73 Å². The summed E-state index contributed by atoms with van der Waals surface area (Å²) in [6, 6.07) is 5.60. The molecule has 2 aromatic rings. The van der Waals surface area contributed by atoms with E-state index in [0.29, 0.717) is 11.3 Å². The van der Waals surface area contributed by atoms with Crippen molar-refractivity contribution >= 4 is 17.1 Å². The molecule has 0 aliphatic carbocycles. The number of nitrogens with two attached hydrogens (primary N) is 2. The maximum absolute atomic E-state index is 11.3. The average Bonchev–Trinajstić information content (AvgIpc) is 2.49. The Morgan fingerprint density at radius 1 is 1.47 bits per heavy atom. The molecule has 4 N–H and O–H groups in total. The number of aryl methyl sites for hydroxylation is 1. The van der Waals surface area contributed by atoms with Gasteiger partial charge < -0.3 is 15.9 Å². The van der Waals surface area contributed by atoms with Crippen molar-refractivity contribution in [3.63, 3.8) is 0 Å². The third-order valence-corrected chi connectivity index (χ3v) is 2.57. The summed E-state index contributed by atoms with van der Waals surface area (Å²) in [5.74, 6) is -0.476. The van der Waals surface area contributed by atoms with Crippen molar-refractivity contribution in [3.05, 3.63) is 35.7 Å².